The van der Waals surface area contributed by atoms with E-state index in [-0.39, 0.29) is 11.4 Å². The second-order valence-electron chi connectivity index (χ2n) is 4.66. The van der Waals surface area contributed by atoms with E-state index >= 15 is 0 Å². The minimum Gasteiger partial charge on any atom is -0.466 e. The summed E-state index contributed by atoms with van der Waals surface area (Å²) in [6.07, 6.45) is 3.84. The summed E-state index contributed by atoms with van der Waals surface area (Å²) in [6, 6.07) is 8.17. The van der Waals surface area contributed by atoms with Gasteiger partial charge in [0.15, 0.2) is 0 Å². The molecule has 3 heteroatoms. The van der Waals surface area contributed by atoms with Crippen LogP contribution in [0.3, 0.4) is 0 Å². The van der Waals surface area contributed by atoms with Crippen molar-refractivity contribution < 1.29 is 9.53 Å². The normalized spacial score (nSPS) is 17.3. The molecule has 0 aliphatic heterocycles. The van der Waals surface area contributed by atoms with Gasteiger partial charge >= 0.3 is 5.97 Å². The van der Waals surface area contributed by atoms with Crippen LogP contribution in [0.1, 0.15) is 31.7 Å². The first-order chi connectivity index (χ1) is 8.16. The Morgan fingerprint density at radius 3 is 2.76 bits per heavy atom. The maximum atomic E-state index is 12.0. The molecule has 2 nitrogen and oxygen atoms in total. The van der Waals surface area contributed by atoms with Crippen LogP contribution in [0, 0.1) is 5.41 Å². The minimum atomic E-state index is -0.253. The highest BCUT2D eigenvalue weighted by Crippen LogP contribution is 2.45. The van der Waals surface area contributed by atoms with Crippen molar-refractivity contribution in [1.82, 2.24) is 0 Å². The monoisotopic (exact) mass is 296 g/mol. The van der Waals surface area contributed by atoms with E-state index < -0.39 is 0 Å². The van der Waals surface area contributed by atoms with Crippen LogP contribution in [-0.2, 0) is 16.0 Å². The van der Waals surface area contributed by atoms with Gasteiger partial charge in [-0.1, -0.05) is 34.5 Å². The lowest BCUT2D eigenvalue weighted by Crippen LogP contribution is -2.41. The standard InChI is InChI=1S/C14H17BrO2/c1-2-17-13(16)14(7-4-8-14)10-11-5-3-6-12(15)9-11/h3,5-6,9H,2,4,7-8,10H2,1H3. The minimum absolute atomic E-state index is 0.0220. The molecule has 0 saturated heterocycles. The Morgan fingerprint density at radius 2 is 2.24 bits per heavy atom. The van der Waals surface area contributed by atoms with Crippen LogP contribution in [0.5, 0.6) is 0 Å². The van der Waals surface area contributed by atoms with Gasteiger partial charge in [-0.05, 0) is 43.9 Å². The van der Waals surface area contributed by atoms with Crippen molar-refractivity contribution in [2.75, 3.05) is 6.61 Å². The predicted molar refractivity (Wildman–Crippen MR) is 70.8 cm³/mol. The number of rotatable bonds is 4. The van der Waals surface area contributed by atoms with Crippen molar-refractivity contribution in [3.05, 3.63) is 34.3 Å². The van der Waals surface area contributed by atoms with Crippen LogP contribution in [-0.4, -0.2) is 12.6 Å². The zero-order valence-corrected chi connectivity index (χ0v) is 11.6. The maximum absolute atomic E-state index is 12.0. The van der Waals surface area contributed by atoms with Crippen molar-refractivity contribution in [3.63, 3.8) is 0 Å². The Labute approximate surface area is 110 Å². The average Bonchev–Trinajstić information content (AvgIpc) is 2.24. The summed E-state index contributed by atoms with van der Waals surface area (Å²) in [4.78, 5) is 12.0. The molecule has 2 rings (SSSR count). The van der Waals surface area contributed by atoms with Crippen molar-refractivity contribution >= 4 is 21.9 Å². The van der Waals surface area contributed by atoms with Gasteiger partial charge in [0.25, 0.3) is 0 Å². The lowest BCUT2D eigenvalue weighted by atomic mass is 9.65. The second-order valence-corrected chi connectivity index (χ2v) is 5.58. The summed E-state index contributed by atoms with van der Waals surface area (Å²) in [6.45, 7) is 2.34. The van der Waals surface area contributed by atoms with Gasteiger partial charge in [0.2, 0.25) is 0 Å². The number of esters is 1. The quantitative estimate of drug-likeness (QED) is 0.792. The van der Waals surface area contributed by atoms with Crippen LogP contribution in [0.4, 0.5) is 0 Å². The molecule has 1 aliphatic rings. The lowest BCUT2D eigenvalue weighted by molar-refractivity contribution is -0.161. The van der Waals surface area contributed by atoms with E-state index in [2.05, 4.69) is 28.1 Å². The Kier molecular flexibility index (Phi) is 3.87. The van der Waals surface area contributed by atoms with E-state index in [9.17, 15) is 4.79 Å². The fourth-order valence-electron chi connectivity index (χ4n) is 2.38. The van der Waals surface area contributed by atoms with Gasteiger partial charge in [0.05, 0.1) is 12.0 Å². The molecule has 1 aromatic carbocycles. The van der Waals surface area contributed by atoms with Gasteiger partial charge in [-0.25, -0.2) is 0 Å². The van der Waals surface area contributed by atoms with Gasteiger partial charge in [-0.15, -0.1) is 0 Å². The zero-order valence-electron chi connectivity index (χ0n) is 10.0. The third-order valence-electron chi connectivity index (χ3n) is 3.45. The van der Waals surface area contributed by atoms with Gasteiger partial charge in [-0.3, -0.25) is 4.79 Å². The van der Waals surface area contributed by atoms with Crippen molar-refractivity contribution in [3.8, 4) is 0 Å². The first-order valence-electron chi connectivity index (χ1n) is 6.08. The van der Waals surface area contributed by atoms with Crippen LogP contribution >= 0.6 is 15.9 Å². The Balaban J connectivity index is 2.12. The molecule has 92 valence electrons. The molecule has 1 fully saturated rings. The third kappa shape index (κ3) is 2.71. The highest BCUT2D eigenvalue weighted by molar-refractivity contribution is 9.10. The molecule has 0 heterocycles. The summed E-state index contributed by atoms with van der Waals surface area (Å²) in [7, 11) is 0. The van der Waals surface area contributed by atoms with Crippen LogP contribution in [0.15, 0.2) is 28.7 Å². The number of hydrogen-bond acceptors (Lipinski definition) is 2. The average molecular weight is 297 g/mol. The van der Waals surface area contributed by atoms with Crippen molar-refractivity contribution in [2.45, 2.75) is 32.6 Å². The SMILES string of the molecule is CCOC(=O)C1(Cc2cccc(Br)c2)CCC1. The molecule has 0 spiro atoms. The van der Waals surface area contributed by atoms with Crippen LogP contribution < -0.4 is 0 Å². The molecule has 1 aliphatic carbocycles. The Hall–Kier alpha value is -0.830. The molecule has 1 saturated carbocycles. The summed E-state index contributed by atoms with van der Waals surface area (Å²) >= 11 is 3.46. The summed E-state index contributed by atoms with van der Waals surface area (Å²) in [5.74, 6) is -0.0220. The van der Waals surface area contributed by atoms with Gasteiger partial charge < -0.3 is 4.74 Å². The highest BCUT2D eigenvalue weighted by atomic mass is 79.9. The third-order valence-corrected chi connectivity index (χ3v) is 3.94. The molecule has 0 amide bonds. The smallest absolute Gasteiger partial charge is 0.312 e. The van der Waals surface area contributed by atoms with Crippen LogP contribution in [0.25, 0.3) is 0 Å². The largest absolute Gasteiger partial charge is 0.466 e. The Bertz CT molecular complexity index is 410. The molecule has 0 aromatic heterocycles. The number of carbonyl (C=O) groups excluding carboxylic acids is 1. The number of benzene rings is 1. The Morgan fingerprint density at radius 1 is 1.47 bits per heavy atom. The number of hydrogen-bond donors (Lipinski definition) is 0. The molecule has 17 heavy (non-hydrogen) atoms. The summed E-state index contributed by atoms with van der Waals surface area (Å²) in [5, 5.41) is 0. The number of carbonyl (C=O) groups is 1. The predicted octanol–water partition coefficient (Wildman–Crippen LogP) is 3.73. The van der Waals surface area contributed by atoms with Crippen molar-refractivity contribution in [2.24, 2.45) is 5.41 Å². The zero-order chi connectivity index (χ0) is 12.3. The first kappa shape index (κ1) is 12.6. The van der Waals surface area contributed by atoms with E-state index in [0.717, 1.165) is 30.2 Å². The van der Waals surface area contributed by atoms with E-state index in [1.165, 1.54) is 5.56 Å². The number of ether oxygens (including phenoxy) is 1. The van der Waals surface area contributed by atoms with Gasteiger partial charge in [0, 0.05) is 4.47 Å². The van der Waals surface area contributed by atoms with Crippen LogP contribution in [0.2, 0.25) is 0 Å². The van der Waals surface area contributed by atoms with Gasteiger partial charge in [-0.2, -0.15) is 0 Å². The van der Waals surface area contributed by atoms with E-state index in [0.29, 0.717) is 6.61 Å². The highest BCUT2D eigenvalue weighted by Gasteiger charge is 2.45. The first-order valence-corrected chi connectivity index (χ1v) is 6.87. The molecular weight excluding hydrogens is 280 g/mol. The fraction of sp³-hybridized carbons (Fsp3) is 0.500. The molecule has 1 aromatic rings. The van der Waals surface area contributed by atoms with E-state index in [4.69, 9.17) is 4.74 Å². The topological polar surface area (TPSA) is 26.3 Å². The molecule has 0 radical (unpaired) electrons. The maximum Gasteiger partial charge on any atom is 0.312 e. The molecule has 0 atom stereocenters. The van der Waals surface area contributed by atoms with Gasteiger partial charge in [0.1, 0.15) is 0 Å². The van der Waals surface area contributed by atoms with Crippen molar-refractivity contribution in [1.29, 1.82) is 0 Å². The lowest BCUT2D eigenvalue weighted by Gasteiger charge is -2.39. The summed E-state index contributed by atoms with van der Waals surface area (Å²) in [5.41, 5.74) is 0.948. The molecule has 0 unspecified atom stereocenters. The number of halogens is 1. The fourth-order valence-corrected chi connectivity index (χ4v) is 2.83. The van der Waals surface area contributed by atoms with E-state index in [1.54, 1.807) is 0 Å². The molecular formula is C14H17BrO2. The second kappa shape index (κ2) is 5.21. The molecule has 0 N–H and O–H groups in total. The van der Waals surface area contributed by atoms with E-state index in [1.807, 2.05) is 19.1 Å². The summed E-state index contributed by atoms with van der Waals surface area (Å²) < 4.78 is 6.26. The molecule has 0 bridgehead atoms.